The van der Waals surface area contributed by atoms with Crippen molar-refractivity contribution in [2.45, 2.75) is 54.4 Å². The minimum Gasteiger partial charge on any atom is -0.459 e. The summed E-state index contributed by atoms with van der Waals surface area (Å²) in [5.74, 6) is -2.08. The second kappa shape index (κ2) is 8.38. The van der Waals surface area contributed by atoms with E-state index >= 15 is 0 Å². The van der Waals surface area contributed by atoms with E-state index in [0.717, 1.165) is 0 Å². The Labute approximate surface area is 167 Å². The van der Waals surface area contributed by atoms with Crippen LogP contribution < -0.4 is 9.47 Å². The van der Waals surface area contributed by atoms with Crippen LogP contribution in [-0.4, -0.2) is 29.3 Å². The lowest BCUT2D eigenvalue weighted by molar-refractivity contribution is -0.132. The van der Waals surface area contributed by atoms with E-state index in [4.69, 9.17) is 13.9 Å². The van der Waals surface area contributed by atoms with Crippen LogP contribution in [0.1, 0.15) is 61.4 Å². The van der Waals surface area contributed by atoms with Gasteiger partial charge in [0.25, 0.3) is 0 Å². The number of furan rings is 1. The number of rotatable bonds is 7. The van der Waals surface area contributed by atoms with Crippen molar-refractivity contribution in [2.24, 2.45) is 0 Å². The first-order chi connectivity index (χ1) is 13.4. The Bertz CT molecular complexity index is 1050. The number of fused-ring (bicyclic) bond motifs is 1. The van der Waals surface area contributed by atoms with Crippen LogP contribution in [0, 0.1) is 13.8 Å². The van der Waals surface area contributed by atoms with Crippen LogP contribution in [0.25, 0.3) is 11.0 Å². The van der Waals surface area contributed by atoms with Gasteiger partial charge in [0.1, 0.15) is 28.6 Å². The molecule has 1 aromatic heterocycles. The van der Waals surface area contributed by atoms with Crippen LogP contribution >= 0.6 is 0 Å². The van der Waals surface area contributed by atoms with E-state index in [2.05, 4.69) is 0 Å². The zero-order valence-electron chi connectivity index (χ0n) is 17.2. The van der Waals surface area contributed by atoms with Crippen molar-refractivity contribution in [1.29, 1.82) is 0 Å². The van der Waals surface area contributed by atoms with Crippen molar-refractivity contribution in [3.63, 3.8) is 0 Å². The monoisotopic (exact) mass is 402 g/mol. The van der Waals surface area contributed by atoms with E-state index in [-0.39, 0.29) is 58.4 Å². The number of carbonyl (C=O) groups excluding carboxylic acids is 5. The number of ether oxygens (including phenoxy) is 2. The Morgan fingerprint density at radius 3 is 1.86 bits per heavy atom. The van der Waals surface area contributed by atoms with Crippen molar-refractivity contribution < 1.29 is 37.9 Å². The molecule has 0 saturated carbocycles. The van der Waals surface area contributed by atoms with Crippen molar-refractivity contribution >= 4 is 40.3 Å². The van der Waals surface area contributed by atoms with E-state index in [9.17, 15) is 24.0 Å². The van der Waals surface area contributed by atoms with Crippen molar-refractivity contribution in [1.82, 2.24) is 0 Å². The minimum absolute atomic E-state index is 0.0111. The Kier molecular flexibility index (Phi) is 6.36. The first kappa shape index (κ1) is 22.0. The summed E-state index contributed by atoms with van der Waals surface area (Å²) >= 11 is 0. The van der Waals surface area contributed by atoms with E-state index in [1.807, 2.05) is 0 Å². The molecule has 0 aliphatic carbocycles. The summed E-state index contributed by atoms with van der Waals surface area (Å²) in [6.07, 6.45) is -0.413. The summed E-state index contributed by atoms with van der Waals surface area (Å²) < 4.78 is 16.4. The lowest BCUT2D eigenvalue weighted by atomic mass is 9.98. The van der Waals surface area contributed by atoms with Crippen LogP contribution in [0.2, 0.25) is 0 Å². The van der Waals surface area contributed by atoms with Crippen LogP contribution in [0.4, 0.5) is 0 Å². The number of ketones is 3. The molecular weight excluding hydrogens is 380 g/mol. The molecule has 0 N–H and O–H groups in total. The molecule has 1 aromatic carbocycles. The number of aryl methyl sites for hydroxylation is 1. The Balaban J connectivity index is 2.86. The van der Waals surface area contributed by atoms with Crippen LogP contribution in [0.3, 0.4) is 0 Å². The minimum atomic E-state index is -0.663. The number of hydrogen-bond donors (Lipinski definition) is 0. The first-order valence-electron chi connectivity index (χ1n) is 8.91. The highest BCUT2D eigenvalue weighted by Gasteiger charge is 2.29. The van der Waals surface area contributed by atoms with Crippen molar-refractivity contribution in [3.05, 3.63) is 22.5 Å². The molecule has 29 heavy (non-hydrogen) atoms. The number of benzene rings is 1. The van der Waals surface area contributed by atoms with E-state index in [0.29, 0.717) is 10.9 Å². The van der Waals surface area contributed by atoms with Gasteiger partial charge in [0.05, 0.1) is 18.2 Å². The second-order valence-electron chi connectivity index (χ2n) is 6.85. The van der Waals surface area contributed by atoms with Crippen LogP contribution in [-0.2, 0) is 25.6 Å². The van der Waals surface area contributed by atoms with Gasteiger partial charge in [-0.15, -0.1) is 0 Å². The molecule has 154 valence electrons. The van der Waals surface area contributed by atoms with Gasteiger partial charge in [-0.2, -0.15) is 0 Å². The maximum absolute atomic E-state index is 12.4. The summed E-state index contributed by atoms with van der Waals surface area (Å²) in [7, 11) is 0. The molecule has 1 heterocycles. The maximum Gasteiger partial charge on any atom is 0.308 e. The fourth-order valence-electron chi connectivity index (χ4n) is 3.14. The number of carbonyl (C=O) groups is 5. The van der Waals surface area contributed by atoms with E-state index in [1.54, 1.807) is 13.8 Å². The topological polar surface area (TPSA) is 117 Å². The number of esters is 2. The van der Waals surface area contributed by atoms with Crippen molar-refractivity contribution in [2.75, 3.05) is 0 Å². The third kappa shape index (κ3) is 4.59. The van der Waals surface area contributed by atoms with Gasteiger partial charge in [-0.1, -0.05) is 0 Å². The molecule has 0 unspecified atom stereocenters. The quantitative estimate of drug-likeness (QED) is 0.300. The average molecular weight is 402 g/mol. The average Bonchev–Trinajstić information content (AvgIpc) is 2.85. The molecule has 8 heteroatoms. The molecule has 0 amide bonds. The highest BCUT2D eigenvalue weighted by molar-refractivity contribution is 6.12. The van der Waals surface area contributed by atoms with Gasteiger partial charge in [-0.25, -0.2) is 0 Å². The molecule has 0 bridgehead atoms. The molecule has 2 rings (SSSR count). The first-order valence-corrected chi connectivity index (χ1v) is 8.91. The van der Waals surface area contributed by atoms with Crippen molar-refractivity contribution in [3.8, 4) is 11.5 Å². The highest BCUT2D eigenvalue weighted by Crippen LogP contribution is 2.44. The van der Waals surface area contributed by atoms with Gasteiger partial charge in [0.15, 0.2) is 17.1 Å². The fourth-order valence-corrected chi connectivity index (χ4v) is 3.14. The normalized spacial score (nSPS) is 10.7. The third-order valence-electron chi connectivity index (χ3n) is 4.26. The molecule has 0 spiro atoms. The van der Waals surface area contributed by atoms with E-state index < -0.39 is 17.7 Å². The zero-order chi connectivity index (χ0) is 22.0. The molecule has 2 aromatic rings. The lowest BCUT2D eigenvalue weighted by Gasteiger charge is -2.15. The summed E-state index contributed by atoms with van der Waals surface area (Å²) in [4.78, 5) is 58.9. The maximum atomic E-state index is 12.4. The molecule has 0 aliphatic heterocycles. The van der Waals surface area contributed by atoms with Gasteiger partial charge >= 0.3 is 11.9 Å². The predicted molar refractivity (Wildman–Crippen MR) is 102 cm³/mol. The molecule has 8 nitrogen and oxygen atoms in total. The Hall–Kier alpha value is -3.29. The summed E-state index contributed by atoms with van der Waals surface area (Å²) in [5, 5.41) is 0.337. The number of hydrogen-bond acceptors (Lipinski definition) is 8. The van der Waals surface area contributed by atoms with Crippen LogP contribution in [0.5, 0.6) is 11.5 Å². The van der Waals surface area contributed by atoms with Gasteiger partial charge < -0.3 is 13.9 Å². The predicted octanol–water partition coefficient (Wildman–Crippen LogP) is 3.19. The van der Waals surface area contributed by atoms with Crippen LogP contribution in [0.15, 0.2) is 4.42 Å². The molecule has 0 atom stereocenters. The Morgan fingerprint density at radius 2 is 1.38 bits per heavy atom. The van der Waals surface area contributed by atoms with E-state index in [1.165, 1.54) is 27.7 Å². The Morgan fingerprint density at radius 1 is 0.828 bits per heavy atom. The summed E-state index contributed by atoms with van der Waals surface area (Å²) in [6, 6.07) is 0. The van der Waals surface area contributed by atoms with Gasteiger partial charge in [-0.05, 0) is 27.7 Å². The number of Topliss-reactive ketones (excluding diaryl/α,β-unsaturated/α-hetero) is 3. The summed E-state index contributed by atoms with van der Waals surface area (Å²) in [5.41, 5.74) is 0.836. The van der Waals surface area contributed by atoms with Gasteiger partial charge in [0, 0.05) is 25.0 Å². The van der Waals surface area contributed by atoms with Gasteiger partial charge in [0.2, 0.25) is 0 Å². The summed E-state index contributed by atoms with van der Waals surface area (Å²) in [6.45, 7) is 8.19. The van der Waals surface area contributed by atoms with Gasteiger partial charge in [-0.3, -0.25) is 24.0 Å². The largest absolute Gasteiger partial charge is 0.459 e. The molecule has 0 fully saturated rings. The zero-order valence-corrected chi connectivity index (χ0v) is 17.2. The highest BCUT2D eigenvalue weighted by atomic mass is 16.5. The second-order valence-corrected chi connectivity index (χ2v) is 6.85. The molecule has 0 radical (unpaired) electrons. The molecule has 0 saturated heterocycles. The smallest absolute Gasteiger partial charge is 0.308 e. The SMILES string of the molecule is CC(=O)CC(=O)Cc1oc2c(C(C)=O)c(OC(C)=O)c(C)c(OC(C)=O)c2c1C. The molecular formula is C21H22O8. The lowest BCUT2D eigenvalue weighted by Crippen LogP contribution is -2.11. The molecule has 0 aliphatic rings. The standard InChI is InChI=1S/C21H22O8/c1-9(22)7-15(26)8-16-10(2)17-19(27-13(5)24)11(3)20(28-14(6)25)18(12(4)23)21(17)29-16/h7-8H2,1-6H3. The fraction of sp³-hybridized carbons (Fsp3) is 0.381. The third-order valence-corrected chi connectivity index (χ3v) is 4.26.